The molecule has 4 heteroatoms. The van der Waals surface area contributed by atoms with E-state index < -0.39 is 0 Å². The van der Waals surface area contributed by atoms with E-state index in [0.717, 1.165) is 39.0 Å². The highest BCUT2D eigenvalue weighted by Gasteiger charge is 2.30. The normalized spacial score (nSPS) is 34.6. The summed E-state index contributed by atoms with van der Waals surface area (Å²) in [6.45, 7) is 5.86. The number of nitrogens with one attached hydrogen (secondary N) is 2. The molecule has 2 heterocycles. The van der Waals surface area contributed by atoms with Gasteiger partial charge in [0.1, 0.15) is 0 Å². The maximum atomic E-state index is 12.0. The van der Waals surface area contributed by atoms with Gasteiger partial charge in [0.2, 0.25) is 5.91 Å². The second kappa shape index (κ2) is 4.28. The van der Waals surface area contributed by atoms with Crippen molar-refractivity contribution in [2.45, 2.75) is 31.8 Å². The van der Waals surface area contributed by atoms with E-state index in [4.69, 9.17) is 0 Å². The standard InChI is InChI=1S/C10H19N3O/c1-8-10(14)13(6-2-4-12-8)9-3-5-11-7-9/h8-9,11-12H,2-7H2,1H3. The number of nitrogens with zero attached hydrogens (tertiary/aromatic N) is 1. The number of carbonyl (C=O) groups is 1. The van der Waals surface area contributed by atoms with Gasteiger partial charge in [-0.1, -0.05) is 0 Å². The molecule has 2 aliphatic rings. The molecule has 0 aliphatic carbocycles. The largest absolute Gasteiger partial charge is 0.337 e. The van der Waals surface area contributed by atoms with Crippen molar-refractivity contribution in [1.29, 1.82) is 0 Å². The second-order valence-electron chi connectivity index (χ2n) is 4.21. The zero-order chi connectivity index (χ0) is 9.97. The summed E-state index contributed by atoms with van der Waals surface area (Å²) >= 11 is 0. The molecule has 2 N–H and O–H groups in total. The van der Waals surface area contributed by atoms with Gasteiger partial charge in [0.25, 0.3) is 0 Å². The molecular formula is C10H19N3O. The van der Waals surface area contributed by atoms with E-state index in [-0.39, 0.29) is 11.9 Å². The molecule has 14 heavy (non-hydrogen) atoms. The average molecular weight is 197 g/mol. The molecule has 80 valence electrons. The molecule has 0 aromatic heterocycles. The summed E-state index contributed by atoms with van der Waals surface area (Å²) in [5, 5.41) is 6.55. The highest BCUT2D eigenvalue weighted by Crippen LogP contribution is 2.12. The fourth-order valence-corrected chi connectivity index (χ4v) is 2.28. The molecule has 0 aromatic carbocycles. The van der Waals surface area contributed by atoms with Crippen LogP contribution < -0.4 is 10.6 Å². The van der Waals surface area contributed by atoms with Crippen LogP contribution in [0.5, 0.6) is 0 Å². The highest BCUT2D eigenvalue weighted by molar-refractivity contribution is 5.82. The smallest absolute Gasteiger partial charge is 0.239 e. The van der Waals surface area contributed by atoms with E-state index in [1.165, 1.54) is 0 Å². The predicted octanol–water partition coefficient (Wildman–Crippen LogP) is -0.441. The summed E-state index contributed by atoms with van der Waals surface area (Å²) in [6.07, 6.45) is 2.19. The van der Waals surface area contributed by atoms with Gasteiger partial charge in [0.15, 0.2) is 0 Å². The predicted molar refractivity (Wildman–Crippen MR) is 55.1 cm³/mol. The number of carbonyl (C=O) groups excluding carboxylic acids is 1. The van der Waals surface area contributed by atoms with Gasteiger partial charge in [0, 0.05) is 19.1 Å². The first kappa shape index (κ1) is 9.93. The highest BCUT2D eigenvalue weighted by atomic mass is 16.2. The topological polar surface area (TPSA) is 44.4 Å². The third kappa shape index (κ3) is 1.91. The third-order valence-corrected chi connectivity index (χ3v) is 3.15. The fraction of sp³-hybridized carbons (Fsp3) is 0.900. The van der Waals surface area contributed by atoms with Crippen LogP contribution in [0.4, 0.5) is 0 Å². The Kier molecular flexibility index (Phi) is 3.03. The van der Waals surface area contributed by atoms with Gasteiger partial charge in [-0.25, -0.2) is 0 Å². The lowest BCUT2D eigenvalue weighted by molar-refractivity contribution is -0.134. The number of hydrogen-bond acceptors (Lipinski definition) is 3. The van der Waals surface area contributed by atoms with Crippen molar-refractivity contribution in [3.8, 4) is 0 Å². The second-order valence-corrected chi connectivity index (χ2v) is 4.21. The Hall–Kier alpha value is -0.610. The van der Waals surface area contributed by atoms with E-state index in [2.05, 4.69) is 15.5 Å². The van der Waals surface area contributed by atoms with Crippen LogP contribution in [-0.4, -0.2) is 49.1 Å². The van der Waals surface area contributed by atoms with Crippen molar-refractivity contribution < 1.29 is 4.79 Å². The Balaban J connectivity index is 2.03. The van der Waals surface area contributed by atoms with E-state index in [9.17, 15) is 4.79 Å². The molecule has 2 saturated heterocycles. The Morgan fingerprint density at radius 3 is 3.00 bits per heavy atom. The summed E-state index contributed by atoms with van der Waals surface area (Å²) in [5.74, 6) is 0.274. The van der Waals surface area contributed by atoms with Crippen molar-refractivity contribution >= 4 is 5.91 Å². The molecule has 2 fully saturated rings. The van der Waals surface area contributed by atoms with Crippen molar-refractivity contribution in [1.82, 2.24) is 15.5 Å². The number of rotatable bonds is 1. The van der Waals surface area contributed by atoms with Crippen LogP contribution in [0.15, 0.2) is 0 Å². The van der Waals surface area contributed by atoms with Crippen LogP contribution in [0, 0.1) is 0 Å². The van der Waals surface area contributed by atoms with Crippen molar-refractivity contribution in [3.05, 3.63) is 0 Å². The van der Waals surface area contributed by atoms with E-state index in [1.54, 1.807) is 0 Å². The SMILES string of the molecule is CC1NCCCN(C2CCNC2)C1=O. The molecule has 0 aromatic rings. The first-order chi connectivity index (χ1) is 6.79. The molecule has 0 spiro atoms. The van der Waals surface area contributed by atoms with Crippen LogP contribution in [0.25, 0.3) is 0 Å². The van der Waals surface area contributed by atoms with Gasteiger partial charge in [-0.15, -0.1) is 0 Å². The van der Waals surface area contributed by atoms with Gasteiger partial charge >= 0.3 is 0 Å². The van der Waals surface area contributed by atoms with E-state index in [0.29, 0.717) is 6.04 Å². The molecule has 4 nitrogen and oxygen atoms in total. The maximum absolute atomic E-state index is 12.0. The summed E-state index contributed by atoms with van der Waals surface area (Å²) in [4.78, 5) is 14.0. The van der Waals surface area contributed by atoms with Crippen molar-refractivity contribution in [2.24, 2.45) is 0 Å². The fourth-order valence-electron chi connectivity index (χ4n) is 2.28. The zero-order valence-electron chi connectivity index (χ0n) is 8.75. The molecule has 2 atom stereocenters. The quantitative estimate of drug-likeness (QED) is 0.599. The van der Waals surface area contributed by atoms with Gasteiger partial charge in [-0.3, -0.25) is 4.79 Å². The summed E-state index contributed by atoms with van der Waals surface area (Å²) in [6, 6.07) is 0.433. The van der Waals surface area contributed by atoms with E-state index in [1.807, 2.05) is 6.92 Å². The Morgan fingerprint density at radius 2 is 2.29 bits per heavy atom. The lowest BCUT2D eigenvalue weighted by atomic mass is 10.2. The molecular weight excluding hydrogens is 178 g/mol. The number of amides is 1. The maximum Gasteiger partial charge on any atom is 0.239 e. The monoisotopic (exact) mass is 197 g/mol. The van der Waals surface area contributed by atoms with Crippen LogP contribution in [0.1, 0.15) is 19.8 Å². The van der Waals surface area contributed by atoms with E-state index >= 15 is 0 Å². The molecule has 2 aliphatic heterocycles. The van der Waals surface area contributed by atoms with Crippen molar-refractivity contribution in [2.75, 3.05) is 26.2 Å². The lowest BCUT2D eigenvalue weighted by Crippen LogP contribution is -2.47. The summed E-state index contributed by atoms with van der Waals surface area (Å²) in [7, 11) is 0. The average Bonchev–Trinajstić information content (AvgIpc) is 2.64. The Morgan fingerprint density at radius 1 is 1.43 bits per heavy atom. The molecule has 0 radical (unpaired) electrons. The molecule has 2 unspecified atom stereocenters. The molecule has 0 bridgehead atoms. The first-order valence-corrected chi connectivity index (χ1v) is 5.53. The van der Waals surface area contributed by atoms with Gasteiger partial charge in [-0.2, -0.15) is 0 Å². The van der Waals surface area contributed by atoms with Gasteiger partial charge < -0.3 is 15.5 Å². The Labute approximate surface area is 85.0 Å². The van der Waals surface area contributed by atoms with Crippen molar-refractivity contribution in [3.63, 3.8) is 0 Å². The Bertz CT molecular complexity index is 213. The van der Waals surface area contributed by atoms with Gasteiger partial charge in [-0.05, 0) is 32.9 Å². The molecule has 2 rings (SSSR count). The van der Waals surface area contributed by atoms with Crippen LogP contribution in [0.3, 0.4) is 0 Å². The minimum absolute atomic E-state index is 0.00176. The summed E-state index contributed by atoms with van der Waals surface area (Å²) in [5.41, 5.74) is 0. The van der Waals surface area contributed by atoms with Crippen LogP contribution in [-0.2, 0) is 4.79 Å². The summed E-state index contributed by atoms with van der Waals surface area (Å²) < 4.78 is 0. The van der Waals surface area contributed by atoms with Crippen LogP contribution >= 0.6 is 0 Å². The van der Waals surface area contributed by atoms with Gasteiger partial charge in [0.05, 0.1) is 6.04 Å². The molecule has 1 amide bonds. The molecule has 0 saturated carbocycles. The third-order valence-electron chi connectivity index (χ3n) is 3.15. The minimum atomic E-state index is -0.00176. The lowest BCUT2D eigenvalue weighted by Gasteiger charge is -2.28. The zero-order valence-corrected chi connectivity index (χ0v) is 8.75. The minimum Gasteiger partial charge on any atom is -0.337 e. The number of hydrogen-bond donors (Lipinski definition) is 2. The first-order valence-electron chi connectivity index (χ1n) is 5.53. The van der Waals surface area contributed by atoms with Crippen LogP contribution in [0.2, 0.25) is 0 Å².